The first kappa shape index (κ1) is 12.9. The molecule has 0 radical (unpaired) electrons. The van der Waals surface area contributed by atoms with Crippen molar-refractivity contribution in [2.24, 2.45) is 7.05 Å². The average Bonchev–Trinajstić information content (AvgIpc) is 2.74. The number of aliphatic hydroxyl groups excluding tert-OH is 1. The molecule has 0 saturated carbocycles. The summed E-state index contributed by atoms with van der Waals surface area (Å²) in [6, 6.07) is 5.11. The smallest absolute Gasteiger partial charge is 0.407 e. The molecule has 1 N–H and O–H groups in total. The summed E-state index contributed by atoms with van der Waals surface area (Å²) < 4.78 is 6.54. The maximum Gasteiger partial charge on any atom is 0.419 e. The summed E-state index contributed by atoms with van der Waals surface area (Å²) in [6.45, 7) is 0.940. The molecule has 106 valence electrons. The molecule has 1 saturated heterocycles. The molecular formula is C14H16N2O4. The van der Waals surface area contributed by atoms with Crippen molar-refractivity contribution in [2.45, 2.75) is 18.9 Å². The lowest BCUT2D eigenvalue weighted by molar-refractivity contribution is 0.0474. The van der Waals surface area contributed by atoms with Crippen LogP contribution in [0.3, 0.4) is 0 Å². The molecule has 1 aliphatic heterocycles. The van der Waals surface area contributed by atoms with E-state index in [-0.39, 0.29) is 5.91 Å². The van der Waals surface area contributed by atoms with Crippen molar-refractivity contribution in [3.8, 4) is 0 Å². The van der Waals surface area contributed by atoms with Crippen LogP contribution >= 0.6 is 0 Å². The first-order valence-corrected chi connectivity index (χ1v) is 6.64. The van der Waals surface area contributed by atoms with Gasteiger partial charge in [0.1, 0.15) is 0 Å². The number of aryl methyl sites for hydroxylation is 1. The van der Waals surface area contributed by atoms with E-state index in [2.05, 4.69) is 0 Å². The number of para-hydroxylation sites is 1. The molecule has 1 fully saturated rings. The molecule has 0 bridgehead atoms. The second-order valence-corrected chi connectivity index (χ2v) is 5.13. The normalized spacial score (nSPS) is 19.5. The minimum atomic E-state index is -0.487. The molecule has 6 nitrogen and oxygen atoms in total. The first-order valence-electron chi connectivity index (χ1n) is 6.64. The van der Waals surface area contributed by atoms with Crippen molar-refractivity contribution in [2.75, 3.05) is 13.1 Å². The van der Waals surface area contributed by atoms with Gasteiger partial charge < -0.3 is 14.4 Å². The number of β-amino-alcohol motifs (C(OH)–C–C–N with tert-alkyl or cyclic N) is 1. The number of aromatic nitrogens is 1. The van der Waals surface area contributed by atoms with Crippen LogP contribution in [0, 0.1) is 0 Å². The van der Waals surface area contributed by atoms with Crippen molar-refractivity contribution in [3.63, 3.8) is 0 Å². The van der Waals surface area contributed by atoms with Crippen molar-refractivity contribution in [1.29, 1.82) is 0 Å². The van der Waals surface area contributed by atoms with E-state index in [1.54, 1.807) is 30.1 Å². The number of benzene rings is 1. The second-order valence-electron chi connectivity index (χ2n) is 5.13. The monoisotopic (exact) mass is 276 g/mol. The van der Waals surface area contributed by atoms with Gasteiger partial charge in [-0.25, -0.2) is 4.79 Å². The molecule has 3 rings (SSSR count). The summed E-state index contributed by atoms with van der Waals surface area (Å²) in [5, 5.41) is 9.67. The highest BCUT2D eigenvalue weighted by molar-refractivity contribution is 6.04. The summed E-state index contributed by atoms with van der Waals surface area (Å²) in [7, 11) is 1.60. The van der Waals surface area contributed by atoms with Crippen LogP contribution in [0.4, 0.5) is 0 Å². The Morgan fingerprint density at radius 1 is 1.45 bits per heavy atom. The zero-order valence-electron chi connectivity index (χ0n) is 11.2. The zero-order chi connectivity index (χ0) is 14.3. The largest absolute Gasteiger partial charge is 0.419 e. The van der Waals surface area contributed by atoms with Crippen molar-refractivity contribution in [1.82, 2.24) is 9.47 Å². The Labute approximate surface area is 115 Å². The lowest BCUT2D eigenvalue weighted by Crippen LogP contribution is -2.42. The molecule has 1 unspecified atom stereocenters. The molecule has 1 aromatic carbocycles. The maximum atomic E-state index is 12.5. The molecule has 6 heteroatoms. The predicted molar refractivity (Wildman–Crippen MR) is 72.6 cm³/mol. The van der Waals surface area contributed by atoms with Crippen molar-refractivity contribution < 1.29 is 14.3 Å². The number of rotatable bonds is 1. The third kappa shape index (κ3) is 2.02. The van der Waals surface area contributed by atoms with Gasteiger partial charge in [-0.15, -0.1) is 0 Å². The Bertz CT molecular complexity index is 716. The number of carbonyl (C=O) groups excluding carboxylic acids is 1. The molecule has 0 spiro atoms. The maximum absolute atomic E-state index is 12.5. The standard InChI is InChI=1S/C14H16N2O4/c1-15-11-6-2-5-10(12(11)20-14(15)19)13(18)16-7-3-4-9(17)8-16/h2,5-6,9,17H,3-4,7-8H2,1H3. The molecule has 2 aromatic rings. The van der Waals surface area contributed by atoms with Crippen LogP contribution in [-0.4, -0.2) is 39.7 Å². The molecule has 0 aliphatic carbocycles. The van der Waals surface area contributed by atoms with Crippen LogP contribution in [0.15, 0.2) is 27.4 Å². The van der Waals surface area contributed by atoms with Gasteiger partial charge >= 0.3 is 5.76 Å². The highest BCUT2D eigenvalue weighted by atomic mass is 16.4. The van der Waals surface area contributed by atoms with Gasteiger partial charge in [0, 0.05) is 20.1 Å². The van der Waals surface area contributed by atoms with Crippen LogP contribution in [0.1, 0.15) is 23.2 Å². The third-order valence-electron chi connectivity index (χ3n) is 3.73. The molecule has 1 aliphatic rings. The number of hydrogen-bond donors (Lipinski definition) is 1. The number of fused-ring (bicyclic) bond motifs is 1. The Kier molecular flexibility index (Phi) is 3.10. The van der Waals surface area contributed by atoms with E-state index in [1.807, 2.05) is 0 Å². The second kappa shape index (κ2) is 4.79. The van der Waals surface area contributed by atoms with Crippen LogP contribution < -0.4 is 5.76 Å². The van der Waals surface area contributed by atoms with E-state index >= 15 is 0 Å². The molecule has 1 aromatic heterocycles. The van der Waals surface area contributed by atoms with Crippen molar-refractivity contribution >= 4 is 17.0 Å². The highest BCUT2D eigenvalue weighted by Gasteiger charge is 2.25. The van der Waals surface area contributed by atoms with Crippen LogP contribution in [0.2, 0.25) is 0 Å². The van der Waals surface area contributed by atoms with Crippen LogP contribution in [-0.2, 0) is 7.05 Å². The number of hydrogen-bond acceptors (Lipinski definition) is 4. The summed E-state index contributed by atoms with van der Waals surface area (Å²) in [4.78, 5) is 25.7. The number of carbonyl (C=O) groups is 1. The summed E-state index contributed by atoms with van der Waals surface area (Å²) in [5.74, 6) is -0.692. The van der Waals surface area contributed by atoms with Gasteiger partial charge in [0.15, 0.2) is 5.58 Å². The topological polar surface area (TPSA) is 75.7 Å². The molecular weight excluding hydrogens is 260 g/mol. The summed E-state index contributed by atoms with van der Waals surface area (Å²) in [5.41, 5.74) is 1.28. The molecule has 1 atom stereocenters. The Hall–Kier alpha value is -2.08. The van der Waals surface area contributed by atoms with Gasteiger partial charge in [0.05, 0.1) is 17.2 Å². The van der Waals surface area contributed by atoms with E-state index in [9.17, 15) is 14.7 Å². The quantitative estimate of drug-likeness (QED) is 0.833. The minimum Gasteiger partial charge on any atom is -0.407 e. The predicted octanol–water partition coefficient (Wildman–Crippen LogP) is 0.728. The Morgan fingerprint density at radius 2 is 2.25 bits per heavy atom. The number of amides is 1. The minimum absolute atomic E-state index is 0.205. The van der Waals surface area contributed by atoms with Gasteiger partial charge in [-0.05, 0) is 25.0 Å². The van der Waals surface area contributed by atoms with E-state index < -0.39 is 11.9 Å². The van der Waals surface area contributed by atoms with Gasteiger partial charge in [-0.3, -0.25) is 9.36 Å². The number of aliphatic hydroxyl groups is 1. The summed E-state index contributed by atoms with van der Waals surface area (Å²) >= 11 is 0. The van der Waals surface area contributed by atoms with Crippen molar-refractivity contribution in [3.05, 3.63) is 34.3 Å². The number of likely N-dealkylation sites (tertiary alicyclic amines) is 1. The third-order valence-corrected chi connectivity index (χ3v) is 3.73. The summed E-state index contributed by atoms with van der Waals surface area (Å²) in [6.07, 6.45) is 1.02. The lowest BCUT2D eigenvalue weighted by atomic mass is 10.1. The van der Waals surface area contributed by atoms with Crippen LogP contribution in [0.5, 0.6) is 0 Å². The zero-order valence-corrected chi connectivity index (χ0v) is 11.2. The van der Waals surface area contributed by atoms with Gasteiger partial charge in [-0.2, -0.15) is 0 Å². The molecule has 1 amide bonds. The van der Waals surface area contributed by atoms with E-state index in [1.165, 1.54) is 4.57 Å². The lowest BCUT2D eigenvalue weighted by Gasteiger charge is -2.30. The molecule has 2 heterocycles. The Balaban J connectivity index is 2.03. The van der Waals surface area contributed by atoms with Gasteiger partial charge in [0.25, 0.3) is 5.91 Å². The van der Waals surface area contributed by atoms with E-state index in [4.69, 9.17) is 4.42 Å². The van der Waals surface area contributed by atoms with Gasteiger partial charge in [-0.1, -0.05) is 6.07 Å². The number of oxazole rings is 1. The highest BCUT2D eigenvalue weighted by Crippen LogP contribution is 2.21. The fourth-order valence-corrected chi connectivity index (χ4v) is 2.63. The SMILES string of the molecule is Cn1c(=O)oc2c(C(=O)N3CCCC(O)C3)cccc21. The fourth-order valence-electron chi connectivity index (χ4n) is 2.63. The van der Waals surface area contributed by atoms with Gasteiger partial charge in [0.2, 0.25) is 0 Å². The average molecular weight is 276 g/mol. The van der Waals surface area contributed by atoms with Crippen LogP contribution in [0.25, 0.3) is 11.1 Å². The Morgan fingerprint density at radius 3 is 3.00 bits per heavy atom. The van der Waals surface area contributed by atoms with E-state index in [0.717, 1.165) is 6.42 Å². The number of nitrogens with zero attached hydrogens (tertiary/aromatic N) is 2. The first-order chi connectivity index (χ1) is 9.58. The molecule has 20 heavy (non-hydrogen) atoms. The van der Waals surface area contributed by atoms with E-state index in [0.29, 0.717) is 36.2 Å². The number of piperidine rings is 1. The fraction of sp³-hybridized carbons (Fsp3) is 0.429.